The van der Waals surface area contributed by atoms with E-state index in [0.29, 0.717) is 0 Å². The van der Waals surface area contributed by atoms with Gasteiger partial charge >= 0.3 is 0 Å². The first-order chi connectivity index (χ1) is 10.3. The monoisotopic (exact) mass is 326 g/mol. The van der Waals surface area contributed by atoms with E-state index in [0.717, 1.165) is 0 Å². The standard InChI is InChI=1S/C12H22O10/c1-3-5(14)7(16)9(18)12(20-3)22-10-8(17)6(15)4(2-13)21-11(10)19/h3-19H,2H2,1H3/t3-,4-,5+,6-,7-,8-,9+,10+,11+,12-/m0/s1. The van der Waals surface area contributed by atoms with Crippen LogP contribution in [0.25, 0.3) is 0 Å². The van der Waals surface area contributed by atoms with Gasteiger partial charge in [0, 0.05) is 0 Å². The second-order valence-electron chi connectivity index (χ2n) is 5.51. The zero-order chi connectivity index (χ0) is 16.6. The van der Waals surface area contributed by atoms with Crippen molar-refractivity contribution in [1.82, 2.24) is 0 Å². The number of hydrogen-bond acceptors (Lipinski definition) is 10. The molecule has 0 saturated carbocycles. The van der Waals surface area contributed by atoms with Gasteiger partial charge < -0.3 is 50.0 Å². The van der Waals surface area contributed by atoms with E-state index in [1.807, 2.05) is 0 Å². The number of aliphatic hydroxyl groups excluding tert-OH is 7. The highest BCUT2D eigenvalue weighted by atomic mass is 16.7. The lowest BCUT2D eigenvalue weighted by atomic mass is 9.97. The Balaban J connectivity index is 2.06. The first-order valence-electron chi connectivity index (χ1n) is 6.93. The van der Waals surface area contributed by atoms with E-state index in [1.54, 1.807) is 0 Å². The quantitative estimate of drug-likeness (QED) is 0.269. The predicted molar refractivity (Wildman–Crippen MR) is 67.2 cm³/mol. The zero-order valence-corrected chi connectivity index (χ0v) is 11.8. The molecule has 0 aromatic carbocycles. The normalized spacial score (nSPS) is 53.5. The first-order valence-corrected chi connectivity index (χ1v) is 6.93. The molecule has 22 heavy (non-hydrogen) atoms. The Morgan fingerprint density at radius 2 is 1.45 bits per heavy atom. The van der Waals surface area contributed by atoms with Crippen LogP contribution in [-0.2, 0) is 14.2 Å². The van der Waals surface area contributed by atoms with E-state index < -0.39 is 68.0 Å². The van der Waals surface area contributed by atoms with Gasteiger partial charge in [-0.2, -0.15) is 0 Å². The van der Waals surface area contributed by atoms with Gasteiger partial charge in [-0.25, -0.2) is 0 Å². The van der Waals surface area contributed by atoms with Gasteiger partial charge in [0.15, 0.2) is 12.6 Å². The maximum atomic E-state index is 9.93. The van der Waals surface area contributed by atoms with E-state index in [-0.39, 0.29) is 0 Å². The summed E-state index contributed by atoms with van der Waals surface area (Å²) in [6, 6.07) is 0. The number of ether oxygens (including phenoxy) is 3. The maximum absolute atomic E-state index is 9.93. The van der Waals surface area contributed by atoms with E-state index >= 15 is 0 Å². The third-order valence-electron chi connectivity index (χ3n) is 3.94. The van der Waals surface area contributed by atoms with Crippen LogP contribution in [0.15, 0.2) is 0 Å². The molecule has 2 saturated heterocycles. The van der Waals surface area contributed by atoms with Gasteiger partial charge in [-0.15, -0.1) is 0 Å². The Morgan fingerprint density at radius 1 is 0.818 bits per heavy atom. The molecule has 7 N–H and O–H groups in total. The SMILES string of the molecule is C[C@@H]1O[C@@H](O[C@@H]2[C@@H](O)[C@@H](O)[C@H](CO)O[C@H]2O)[C@H](O)[C@@H](O)[C@@H]1O. The van der Waals surface area contributed by atoms with Gasteiger partial charge in [0.25, 0.3) is 0 Å². The highest BCUT2D eigenvalue weighted by Crippen LogP contribution is 2.28. The van der Waals surface area contributed by atoms with Gasteiger partial charge in [0.1, 0.15) is 42.7 Å². The van der Waals surface area contributed by atoms with Gasteiger partial charge in [0.2, 0.25) is 0 Å². The summed E-state index contributed by atoms with van der Waals surface area (Å²) in [6.07, 6.45) is -14.3. The van der Waals surface area contributed by atoms with Crippen LogP contribution in [0.4, 0.5) is 0 Å². The summed E-state index contributed by atoms with van der Waals surface area (Å²) in [5.41, 5.74) is 0. The number of rotatable bonds is 3. The van der Waals surface area contributed by atoms with Crippen molar-refractivity contribution in [3.05, 3.63) is 0 Å². The van der Waals surface area contributed by atoms with Crippen molar-refractivity contribution in [2.75, 3.05) is 6.61 Å². The minimum atomic E-state index is -1.69. The van der Waals surface area contributed by atoms with Gasteiger partial charge in [-0.3, -0.25) is 0 Å². The van der Waals surface area contributed by atoms with Crippen LogP contribution >= 0.6 is 0 Å². The molecule has 0 spiro atoms. The molecule has 2 fully saturated rings. The van der Waals surface area contributed by atoms with Crippen molar-refractivity contribution in [1.29, 1.82) is 0 Å². The highest BCUT2D eigenvalue weighted by molar-refractivity contribution is 4.92. The lowest BCUT2D eigenvalue weighted by Gasteiger charge is -2.44. The van der Waals surface area contributed by atoms with E-state index in [9.17, 15) is 30.6 Å². The summed E-state index contributed by atoms with van der Waals surface area (Å²) in [5.74, 6) is 0. The maximum Gasteiger partial charge on any atom is 0.187 e. The van der Waals surface area contributed by atoms with Gasteiger partial charge in [0.05, 0.1) is 12.7 Å². The Bertz CT molecular complexity index is 368. The number of aliphatic hydroxyl groups is 7. The molecule has 0 aromatic heterocycles. The summed E-state index contributed by atoms with van der Waals surface area (Å²) in [7, 11) is 0. The third-order valence-corrected chi connectivity index (χ3v) is 3.94. The lowest BCUT2D eigenvalue weighted by molar-refractivity contribution is -0.358. The lowest BCUT2D eigenvalue weighted by Crippen LogP contribution is -2.63. The molecule has 10 heteroatoms. The minimum absolute atomic E-state index is 0.619. The molecule has 2 rings (SSSR count). The Hall–Kier alpha value is -0.400. The van der Waals surface area contributed by atoms with Crippen LogP contribution < -0.4 is 0 Å². The average Bonchev–Trinajstić information content (AvgIpc) is 2.49. The van der Waals surface area contributed by atoms with Gasteiger partial charge in [-0.05, 0) is 6.92 Å². The van der Waals surface area contributed by atoms with Crippen LogP contribution in [0, 0.1) is 0 Å². The van der Waals surface area contributed by atoms with E-state index in [4.69, 9.17) is 19.3 Å². The molecule has 10 nitrogen and oxygen atoms in total. The molecule has 2 heterocycles. The van der Waals surface area contributed by atoms with Crippen molar-refractivity contribution < 1.29 is 50.0 Å². The molecular weight excluding hydrogens is 304 g/mol. The molecule has 0 aromatic rings. The van der Waals surface area contributed by atoms with Crippen molar-refractivity contribution >= 4 is 0 Å². The predicted octanol–water partition coefficient (Wildman–Crippen LogP) is -4.37. The molecule has 0 bridgehead atoms. The summed E-state index contributed by atoms with van der Waals surface area (Å²) in [5, 5.41) is 67.5. The van der Waals surface area contributed by atoms with Crippen LogP contribution in [-0.4, -0.2) is 104 Å². The van der Waals surface area contributed by atoms with Crippen molar-refractivity contribution in [2.45, 2.75) is 68.3 Å². The van der Waals surface area contributed by atoms with Crippen molar-refractivity contribution in [3.63, 3.8) is 0 Å². The van der Waals surface area contributed by atoms with Crippen LogP contribution in [0.2, 0.25) is 0 Å². The summed E-state index contributed by atoms with van der Waals surface area (Å²) in [6.45, 7) is 0.823. The topological polar surface area (TPSA) is 169 Å². The molecule has 130 valence electrons. The fraction of sp³-hybridized carbons (Fsp3) is 1.00. The van der Waals surface area contributed by atoms with Crippen LogP contribution in [0.1, 0.15) is 6.92 Å². The first kappa shape index (κ1) is 17.9. The van der Waals surface area contributed by atoms with Crippen molar-refractivity contribution in [3.8, 4) is 0 Å². The van der Waals surface area contributed by atoms with Crippen molar-refractivity contribution in [2.24, 2.45) is 0 Å². The van der Waals surface area contributed by atoms with Gasteiger partial charge in [-0.1, -0.05) is 0 Å². The molecule has 2 aliphatic rings. The summed E-state index contributed by atoms with van der Waals surface area (Å²) in [4.78, 5) is 0. The number of hydrogen-bond donors (Lipinski definition) is 7. The minimum Gasteiger partial charge on any atom is -0.394 e. The molecule has 0 aliphatic carbocycles. The smallest absolute Gasteiger partial charge is 0.187 e. The average molecular weight is 326 g/mol. The largest absolute Gasteiger partial charge is 0.394 e. The second kappa shape index (κ2) is 7.01. The third kappa shape index (κ3) is 3.26. The Labute approximate surface area is 126 Å². The Morgan fingerprint density at radius 3 is 2.05 bits per heavy atom. The van der Waals surface area contributed by atoms with Crippen LogP contribution in [0.5, 0.6) is 0 Å². The van der Waals surface area contributed by atoms with E-state index in [2.05, 4.69) is 0 Å². The second-order valence-corrected chi connectivity index (χ2v) is 5.51. The highest BCUT2D eigenvalue weighted by Gasteiger charge is 2.49. The summed E-state index contributed by atoms with van der Waals surface area (Å²) >= 11 is 0. The van der Waals surface area contributed by atoms with Crippen LogP contribution in [0.3, 0.4) is 0 Å². The zero-order valence-electron chi connectivity index (χ0n) is 11.8. The Kier molecular flexibility index (Phi) is 5.72. The molecule has 0 amide bonds. The van der Waals surface area contributed by atoms with E-state index in [1.165, 1.54) is 6.92 Å². The molecule has 0 radical (unpaired) electrons. The molecule has 2 aliphatic heterocycles. The summed E-state index contributed by atoms with van der Waals surface area (Å²) < 4.78 is 15.3. The molecule has 10 atom stereocenters. The fourth-order valence-corrected chi connectivity index (χ4v) is 2.50. The molecular formula is C12H22O10. The fourth-order valence-electron chi connectivity index (χ4n) is 2.50. The molecule has 0 unspecified atom stereocenters.